The molecule has 1 saturated carbocycles. The van der Waals surface area contributed by atoms with Crippen LogP contribution in [0, 0.1) is 13.8 Å². The van der Waals surface area contributed by atoms with Crippen LogP contribution in [0.15, 0.2) is 35.7 Å². The van der Waals surface area contributed by atoms with E-state index < -0.39 is 11.8 Å². The largest absolute Gasteiger partial charge is 0.347 e. The van der Waals surface area contributed by atoms with Crippen LogP contribution in [0.2, 0.25) is 0 Å². The van der Waals surface area contributed by atoms with E-state index in [4.69, 9.17) is 0 Å². The number of anilines is 1. The molecular weight excluding hydrogens is 332 g/mol. The molecule has 0 atom stereocenters. The Balaban J connectivity index is 1.62. The molecule has 0 saturated heterocycles. The second-order valence-electron chi connectivity index (χ2n) is 6.92. The maximum Gasteiger partial charge on any atom is 0.313 e. The van der Waals surface area contributed by atoms with Crippen LogP contribution < -0.4 is 10.6 Å². The van der Waals surface area contributed by atoms with Gasteiger partial charge < -0.3 is 10.6 Å². The number of aryl methyl sites for hydroxylation is 2. The molecule has 1 fully saturated rings. The fraction of sp³-hybridized carbons (Fsp3) is 0.400. The van der Waals surface area contributed by atoms with Gasteiger partial charge in [-0.1, -0.05) is 36.6 Å². The van der Waals surface area contributed by atoms with Crippen LogP contribution in [-0.4, -0.2) is 18.4 Å². The molecule has 1 aliphatic carbocycles. The van der Waals surface area contributed by atoms with Crippen molar-refractivity contribution in [2.75, 3.05) is 11.9 Å². The summed E-state index contributed by atoms with van der Waals surface area (Å²) in [4.78, 5) is 25.8. The van der Waals surface area contributed by atoms with Gasteiger partial charge in [0.25, 0.3) is 0 Å². The zero-order chi connectivity index (χ0) is 17.9. The number of carbonyl (C=O) groups is 2. The molecule has 1 aromatic heterocycles. The van der Waals surface area contributed by atoms with Crippen molar-refractivity contribution < 1.29 is 9.59 Å². The normalized spacial score (nSPS) is 15.8. The summed E-state index contributed by atoms with van der Waals surface area (Å²) < 4.78 is 0. The molecule has 0 radical (unpaired) electrons. The van der Waals surface area contributed by atoms with E-state index in [1.54, 1.807) is 11.3 Å². The SMILES string of the molecule is Cc1ccc(NC(=O)C(=O)NCC2(c3cccs3)CCCC2)c(C)c1. The molecule has 3 rings (SSSR count). The molecule has 0 spiro atoms. The highest BCUT2D eigenvalue weighted by Gasteiger charge is 2.37. The van der Waals surface area contributed by atoms with Gasteiger partial charge in [-0.3, -0.25) is 9.59 Å². The van der Waals surface area contributed by atoms with E-state index in [1.165, 1.54) is 17.7 Å². The first kappa shape index (κ1) is 17.7. The van der Waals surface area contributed by atoms with Crippen LogP contribution in [0.5, 0.6) is 0 Å². The van der Waals surface area contributed by atoms with Gasteiger partial charge in [0.1, 0.15) is 0 Å². The Morgan fingerprint density at radius 2 is 1.88 bits per heavy atom. The zero-order valence-corrected chi connectivity index (χ0v) is 15.5. The first-order valence-corrected chi connectivity index (χ1v) is 9.59. The minimum absolute atomic E-state index is 0.0100. The Morgan fingerprint density at radius 1 is 1.12 bits per heavy atom. The van der Waals surface area contributed by atoms with Gasteiger partial charge in [0, 0.05) is 22.5 Å². The van der Waals surface area contributed by atoms with Crippen LogP contribution in [0.4, 0.5) is 5.69 Å². The standard InChI is InChI=1S/C20H24N2O2S/c1-14-7-8-16(15(2)12-14)22-19(24)18(23)21-13-20(9-3-4-10-20)17-6-5-11-25-17/h5-8,11-12H,3-4,9-10,13H2,1-2H3,(H,21,23)(H,22,24). The second kappa shape index (κ2) is 7.40. The summed E-state index contributed by atoms with van der Waals surface area (Å²) in [5, 5.41) is 7.65. The molecule has 0 unspecified atom stereocenters. The fourth-order valence-corrected chi connectivity index (χ4v) is 4.59. The predicted octanol–water partition coefficient (Wildman–Crippen LogP) is 3.93. The topological polar surface area (TPSA) is 58.2 Å². The van der Waals surface area contributed by atoms with Crippen LogP contribution in [-0.2, 0) is 15.0 Å². The number of amides is 2. The highest BCUT2D eigenvalue weighted by atomic mass is 32.1. The van der Waals surface area contributed by atoms with Crippen LogP contribution in [0.1, 0.15) is 41.7 Å². The summed E-state index contributed by atoms with van der Waals surface area (Å²) in [6.07, 6.45) is 4.46. The molecule has 0 bridgehead atoms. The molecule has 1 aliphatic rings. The molecule has 2 N–H and O–H groups in total. The number of thiophene rings is 1. The fourth-order valence-electron chi connectivity index (χ4n) is 3.61. The highest BCUT2D eigenvalue weighted by molar-refractivity contribution is 7.10. The minimum atomic E-state index is -0.605. The third kappa shape index (κ3) is 3.93. The van der Waals surface area contributed by atoms with Crippen molar-refractivity contribution in [3.63, 3.8) is 0 Å². The summed E-state index contributed by atoms with van der Waals surface area (Å²) in [7, 11) is 0. The van der Waals surface area contributed by atoms with Crippen molar-refractivity contribution in [1.29, 1.82) is 0 Å². The lowest BCUT2D eigenvalue weighted by molar-refractivity contribution is -0.136. The molecule has 2 aromatic rings. The van der Waals surface area contributed by atoms with E-state index in [0.29, 0.717) is 12.2 Å². The Morgan fingerprint density at radius 3 is 2.52 bits per heavy atom. The molecule has 5 heteroatoms. The summed E-state index contributed by atoms with van der Waals surface area (Å²) >= 11 is 1.73. The minimum Gasteiger partial charge on any atom is -0.347 e. The van der Waals surface area contributed by atoms with Gasteiger partial charge in [-0.05, 0) is 49.8 Å². The van der Waals surface area contributed by atoms with Gasteiger partial charge in [-0.15, -0.1) is 11.3 Å². The van der Waals surface area contributed by atoms with Crippen molar-refractivity contribution in [3.05, 3.63) is 51.7 Å². The molecule has 2 amide bonds. The van der Waals surface area contributed by atoms with Gasteiger partial charge in [0.15, 0.2) is 0 Å². The van der Waals surface area contributed by atoms with Gasteiger partial charge in [0.2, 0.25) is 0 Å². The Kier molecular flexibility index (Phi) is 5.23. The van der Waals surface area contributed by atoms with Crippen molar-refractivity contribution in [3.8, 4) is 0 Å². The quantitative estimate of drug-likeness (QED) is 0.816. The molecule has 1 aromatic carbocycles. The van der Waals surface area contributed by atoms with Crippen molar-refractivity contribution in [2.45, 2.75) is 44.9 Å². The number of hydrogen-bond acceptors (Lipinski definition) is 3. The first-order chi connectivity index (χ1) is 12.0. The molecule has 132 valence electrons. The average Bonchev–Trinajstić information content (AvgIpc) is 3.27. The number of carbonyl (C=O) groups excluding carboxylic acids is 2. The van der Waals surface area contributed by atoms with E-state index in [0.717, 1.165) is 24.0 Å². The molecule has 1 heterocycles. The maximum absolute atomic E-state index is 12.3. The van der Waals surface area contributed by atoms with Crippen molar-refractivity contribution in [2.24, 2.45) is 0 Å². The van der Waals surface area contributed by atoms with Crippen LogP contribution >= 0.6 is 11.3 Å². The zero-order valence-electron chi connectivity index (χ0n) is 14.7. The lowest BCUT2D eigenvalue weighted by atomic mass is 9.84. The number of nitrogens with one attached hydrogen (secondary N) is 2. The molecule has 0 aliphatic heterocycles. The molecule has 4 nitrogen and oxygen atoms in total. The lowest BCUT2D eigenvalue weighted by Gasteiger charge is -2.28. The van der Waals surface area contributed by atoms with E-state index in [9.17, 15) is 9.59 Å². The van der Waals surface area contributed by atoms with Gasteiger partial charge in [-0.25, -0.2) is 0 Å². The third-order valence-electron chi connectivity index (χ3n) is 5.03. The third-order valence-corrected chi connectivity index (χ3v) is 6.14. The van der Waals surface area contributed by atoms with E-state index in [2.05, 4.69) is 28.1 Å². The first-order valence-electron chi connectivity index (χ1n) is 8.71. The van der Waals surface area contributed by atoms with Crippen LogP contribution in [0.25, 0.3) is 0 Å². The number of benzene rings is 1. The Hall–Kier alpha value is -2.14. The average molecular weight is 356 g/mol. The lowest BCUT2D eigenvalue weighted by Crippen LogP contribution is -2.43. The summed E-state index contributed by atoms with van der Waals surface area (Å²) in [5.74, 6) is -1.17. The molecule has 25 heavy (non-hydrogen) atoms. The number of rotatable bonds is 4. The second-order valence-corrected chi connectivity index (χ2v) is 7.87. The van der Waals surface area contributed by atoms with Gasteiger partial charge in [0.05, 0.1) is 0 Å². The maximum atomic E-state index is 12.3. The van der Waals surface area contributed by atoms with Gasteiger partial charge in [-0.2, -0.15) is 0 Å². The summed E-state index contributed by atoms with van der Waals surface area (Å²) in [5.41, 5.74) is 2.75. The van der Waals surface area contributed by atoms with Crippen molar-refractivity contribution >= 4 is 28.8 Å². The monoisotopic (exact) mass is 356 g/mol. The van der Waals surface area contributed by atoms with E-state index in [1.807, 2.05) is 32.0 Å². The molecular formula is C20H24N2O2S. The Labute approximate surface area is 152 Å². The number of hydrogen-bond donors (Lipinski definition) is 2. The summed E-state index contributed by atoms with van der Waals surface area (Å²) in [6.45, 7) is 4.44. The van der Waals surface area contributed by atoms with E-state index >= 15 is 0 Å². The van der Waals surface area contributed by atoms with Crippen molar-refractivity contribution in [1.82, 2.24) is 5.32 Å². The Bertz CT molecular complexity index is 762. The summed E-state index contributed by atoms with van der Waals surface area (Å²) in [6, 6.07) is 9.93. The van der Waals surface area contributed by atoms with Crippen LogP contribution in [0.3, 0.4) is 0 Å². The van der Waals surface area contributed by atoms with E-state index in [-0.39, 0.29) is 5.41 Å². The van der Waals surface area contributed by atoms with Gasteiger partial charge >= 0.3 is 11.8 Å². The highest BCUT2D eigenvalue weighted by Crippen LogP contribution is 2.42. The predicted molar refractivity (Wildman–Crippen MR) is 102 cm³/mol. The smallest absolute Gasteiger partial charge is 0.313 e.